The summed E-state index contributed by atoms with van der Waals surface area (Å²) in [5.74, 6) is 0. The molecule has 0 saturated heterocycles. The van der Waals surface area contributed by atoms with Gasteiger partial charge in [-0.05, 0) is 18.2 Å². The van der Waals surface area contributed by atoms with Gasteiger partial charge in [0.05, 0.1) is 37.1 Å². The van der Waals surface area contributed by atoms with Crippen molar-refractivity contribution in [2.45, 2.75) is 13.1 Å². The van der Waals surface area contributed by atoms with Gasteiger partial charge in [-0.1, -0.05) is 22.9 Å². The normalized spacial score (nSPS) is 11.0. The van der Waals surface area contributed by atoms with Crippen LogP contribution in [0.4, 0.5) is 5.69 Å². The Balaban J connectivity index is 1.81. The Labute approximate surface area is 126 Å². The van der Waals surface area contributed by atoms with Crippen LogP contribution in [0.2, 0.25) is 5.02 Å². The Bertz CT molecular complexity index is 758. The van der Waals surface area contributed by atoms with E-state index in [1.54, 1.807) is 17.1 Å². The van der Waals surface area contributed by atoms with E-state index in [9.17, 15) is 0 Å². The number of aliphatic hydroxyl groups excluding tert-OH is 1. The molecule has 0 fully saturated rings. The Hall–Kier alpha value is -2.18. The van der Waals surface area contributed by atoms with Gasteiger partial charge in [-0.15, -0.1) is 5.10 Å². The summed E-state index contributed by atoms with van der Waals surface area (Å²) in [6.07, 6.45) is 3.54. The average Bonchev–Trinajstić information content (AvgIpc) is 2.93. The summed E-state index contributed by atoms with van der Waals surface area (Å²) in [7, 11) is 0. The van der Waals surface area contributed by atoms with E-state index in [0.717, 1.165) is 22.3 Å². The van der Waals surface area contributed by atoms with Crippen molar-refractivity contribution in [3.8, 4) is 0 Å². The fraction of sp³-hybridized carbons (Fsp3) is 0.214. The highest BCUT2D eigenvalue weighted by Crippen LogP contribution is 2.26. The van der Waals surface area contributed by atoms with Crippen LogP contribution in [0.3, 0.4) is 0 Å². The molecule has 0 amide bonds. The number of rotatable bonds is 5. The number of hydrogen-bond acceptors (Lipinski definition) is 5. The van der Waals surface area contributed by atoms with Crippen LogP contribution in [0.5, 0.6) is 0 Å². The largest absolute Gasteiger partial charge is 0.394 e. The first-order chi connectivity index (χ1) is 10.3. The molecule has 2 heterocycles. The summed E-state index contributed by atoms with van der Waals surface area (Å²) in [6.45, 7) is 0.991. The number of halogens is 1. The highest BCUT2D eigenvalue weighted by molar-refractivity contribution is 6.31. The Morgan fingerprint density at radius 2 is 2.24 bits per heavy atom. The van der Waals surface area contributed by atoms with E-state index in [-0.39, 0.29) is 6.61 Å². The molecule has 2 N–H and O–H groups in total. The molecule has 0 aliphatic rings. The predicted octanol–water partition coefficient (Wildman–Crippen LogP) is 2.08. The van der Waals surface area contributed by atoms with Crippen LogP contribution >= 0.6 is 11.6 Å². The van der Waals surface area contributed by atoms with Gasteiger partial charge < -0.3 is 10.4 Å². The van der Waals surface area contributed by atoms with Crippen molar-refractivity contribution in [1.82, 2.24) is 20.0 Å². The molecule has 6 nitrogen and oxygen atoms in total. The summed E-state index contributed by atoms with van der Waals surface area (Å²) >= 11 is 6.12. The van der Waals surface area contributed by atoms with Gasteiger partial charge in [-0.2, -0.15) is 0 Å². The quantitative estimate of drug-likeness (QED) is 0.755. The van der Waals surface area contributed by atoms with Gasteiger partial charge in [0.25, 0.3) is 0 Å². The Morgan fingerprint density at radius 1 is 1.33 bits per heavy atom. The zero-order valence-electron chi connectivity index (χ0n) is 11.2. The number of nitrogens with zero attached hydrogens (tertiary/aromatic N) is 4. The van der Waals surface area contributed by atoms with E-state index in [1.807, 2.05) is 24.3 Å². The van der Waals surface area contributed by atoms with Gasteiger partial charge >= 0.3 is 0 Å². The second-order valence-corrected chi connectivity index (χ2v) is 5.02. The van der Waals surface area contributed by atoms with Gasteiger partial charge in [-0.3, -0.25) is 4.98 Å². The molecule has 0 aliphatic carbocycles. The van der Waals surface area contributed by atoms with Crippen LogP contribution in [0.1, 0.15) is 5.69 Å². The molecule has 7 heteroatoms. The molecule has 0 unspecified atom stereocenters. The van der Waals surface area contributed by atoms with E-state index in [0.29, 0.717) is 18.1 Å². The molecule has 0 spiro atoms. The van der Waals surface area contributed by atoms with Gasteiger partial charge in [-0.25, -0.2) is 4.68 Å². The molecule has 3 rings (SSSR count). The van der Waals surface area contributed by atoms with Gasteiger partial charge in [0, 0.05) is 16.6 Å². The molecule has 0 bridgehead atoms. The monoisotopic (exact) mass is 303 g/mol. The molecule has 0 atom stereocenters. The molecule has 0 saturated carbocycles. The first-order valence-corrected chi connectivity index (χ1v) is 6.92. The second-order valence-electron chi connectivity index (χ2n) is 4.58. The molecule has 21 heavy (non-hydrogen) atoms. The van der Waals surface area contributed by atoms with Crippen molar-refractivity contribution in [3.63, 3.8) is 0 Å². The topological polar surface area (TPSA) is 75.9 Å². The Kier molecular flexibility index (Phi) is 3.98. The number of hydrogen-bond donors (Lipinski definition) is 2. The molecule has 0 aliphatic heterocycles. The predicted molar refractivity (Wildman–Crippen MR) is 81.2 cm³/mol. The van der Waals surface area contributed by atoms with E-state index in [1.165, 1.54) is 0 Å². The van der Waals surface area contributed by atoms with Crippen molar-refractivity contribution >= 4 is 28.2 Å². The van der Waals surface area contributed by atoms with Crippen LogP contribution in [-0.4, -0.2) is 31.7 Å². The summed E-state index contributed by atoms with van der Waals surface area (Å²) in [4.78, 5) is 4.37. The molecule has 108 valence electrons. The molecular formula is C14H14ClN5O. The lowest BCUT2D eigenvalue weighted by atomic mass is 10.2. The fourth-order valence-corrected chi connectivity index (χ4v) is 2.33. The number of benzene rings is 1. The van der Waals surface area contributed by atoms with E-state index in [4.69, 9.17) is 16.7 Å². The third-order valence-corrected chi connectivity index (χ3v) is 3.26. The first kappa shape index (κ1) is 13.8. The van der Waals surface area contributed by atoms with Crippen molar-refractivity contribution in [2.24, 2.45) is 0 Å². The molecular weight excluding hydrogens is 290 g/mol. The number of pyridine rings is 1. The van der Waals surface area contributed by atoms with Gasteiger partial charge in [0.2, 0.25) is 0 Å². The minimum Gasteiger partial charge on any atom is -0.394 e. The number of anilines is 1. The molecule has 3 aromatic rings. The van der Waals surface area contributed by atoms with Crippen molar-refractivity contribution in [3.05, 3.63) is 47.4 Å². The zero-order valence-corrected chi connectivity index (χ0v) is 12.0. The van der Waals surface area contributed by atoms with Crippen molar-refractivity contribution < 1.29 is 5.11 Å². The number of fused-ring (bicyclic) bond motifs is 1. The highest BCUT2D eigenvalue weighted by Gasteiger charge is 2.06. The second kappa shape index (κ2) is 6.07. The van der Waals surface area contributed by atoms with Gasteiger partial charge in [0.1, 0.15) is 5.69 Å². The molecule has 0 radical (unpaired) electrons. The van der Waals surface area contributed by atoms with Crippen LogP contribution in [0.25, 0.3) is 10.9 Å². The zero-order chi connectivity index (χ0) is 14.7. The SMILES string of the molecule is OCCn1cc(CNc2cc(Cl)cc3cccnc23)nn1. The lowest BCUT2D eigenvalue weighted by molar-refractivity contribution is 0.268. The lowest BCUT2D eigenvalue weighted by Crippen LogP contribution is -2.02. The van der Waals surface area contributed by atoms with Gasteiger partial charge in [0.15, 0.2) is 0 Å². The average molecular weight is 304 g/mol. The van der Waals surface area contributed by atoms with Crippen LogP contribution in [0, 0.1) is 0 Å². The van der Waals surface area contributed by atoms with E-state index >= 15 is 0 Å². The molecule has 2 aromatic heterocycles. The fourth-order valence-electron chi connectivity index (χ4n) is 2.11. The lowest BCUT2D eigenvalue weighted by Gasteiger charge is -2.08. The Morgan fingerprint density at radius 3 is 3.10 bits per heavy atom. The van der Waals surface area contributed by atoms with Crippen LogP contribution in [-0.2, 0) is 13.1 Å². The maximum atomic E-state index is 8.86. The number of aromatic nitrogens is 4. The third-order valence-electron chi connectivity index (χ3n) is 3.04. The van der Waals surface area contributed by atoms with Crippen LogP contribution in [0.15, 0.2) is 36.7 Å². The summed E-state index contributed by atoms with van der Waals surface area (Å²) in [5, 5.41) is 21.7. The number of nitrogens with one attached hydrogen (secondary N) is 1. The summed E-state index contributed by atoms with van der Waals surface area (Å²) < 4.78 is 1.60. The maximum Gasteiger partial charge on any atom is 0.102 e. The van der Waals surface area contributed by atoms with Crippen molar-refractivity contribution in [1.29, 1.82) is 0 Å². The smallest absolute Gasteiger partial charge is 0.102 e. The minimum atomic E-state index is 0.0408. The van der Waals surface area contributed by atoms with E-state index < -0.39 is 0 Å². The third kappa shape index (κ3) is 3.12. The van der Waals surface area contributed by atoms with E-state index in [2.05, 4.69) is 20.6 Å². The van der Waals surface area contributed by atoms with Crippen molar-refractivity contribution in [2.75, 3.05) is 11.9 Å². The standard InChI is InChI=1S/C14H14ClN5O/c15-11-6-10-2-1-3-16-14(10)13(7-11)17-8-12-9-20(4-5-21)19-18-12/h1-3,6-7,9,17,21H,4-5,8H2. The number of aliphatic hydroxyl groups is 1. The molecule has 1 aromatic carbocycles. The highest BCUT2D eigenvalue weighted by atomic mass is 35.5. The van der Waals surface area contributed by atoms with Crippen LogP contribution < -0.4 is 5.32 Å². The first-order valence-electron chi connectivity index (χ1n) is 6.54. The summed E-state index contributed by atoms with van der Waals surface area (Å²) in [6, 6.07) is 7.57. The summed E-state index contributed by atoms with van der Waals surface area (Å²) in [5.41, 5.74) is 2.51. The maximum absolute atomic E-state index is 8.86. The minimum absolute atomic E-state index is 0.0408.